The van der Waals surface area contributed by atoms with Crippen LogP contribution in [0.15, 0.2) is 42.4 Å². The van der Waals surface area contributed by atoms with E-state index < -0.39 is 0 Å². The number of fused-ring (bicyclic) bond motifs is 2. The fraction of sp³-hybridized carbons (Fsp3) is 0.263. The standard InChI is InChI=1S/C19H17N3O6S/c1-4-22-12(23)9-29-19(22)21-20-7-10-8-28-17-13(14(10)24)15(25-2)11-5-6-27-16(11)18(17)26-3/h5-8H,4,9H2,1-3H3/b20-7+,21-19-. The highest BCUT2D eigenvalue weighted by Gasteiger charge is 2.26. The Labute approximate surface area is 169 Å². The Morgan fingerprint density at radius 1 is 1.21 bits per heavy atom. The van der Waals surface area contributed by atoms with Crippen LogP contribution in [-0.4, -0.2) is 48.7 Å². The molecule has 0 N–H and O–H groups in total. The number of methoxy groups -OCH3 is 2. The van der Waals surface area contributed by atoms with E-state index in [9.17, 15) is 9.59 Å². The van der Waals surface area contributed by atoms with Crippen molar-refractivity contribution < 1.29 is 23.1 Å². The van der Waals surface area contributed by atoms with Crippen molar-refractivity contribution in [2.45, 2.75) is 6.92 Å². The molecule has 10 heteroatoms. The zero-order valence-corrected chi connectivity index (χ0v) is 16.7. The zero-order chi connectivity index (χ0) is 20.5. The normalized spacial score (nSPS) is 16.0. The van der Waals surface area contributed by atoms with Gasteiger partial charge in [0, 0.05) is 6.54 Å². The molecule has 0 bridgehead atoms. The zero-order valence-electron chi connectivity index (χ0n) is 15.9. The average Bonchev–Trinajstić information content (AvgIpc) is 3.34. The maximum absolute atomic E-state index is 13.1. The highest BCUT2D eigenvalue weighted by molar-refractivity contribution is 8.15. The highest BCUT2D eigenvalue weighted by Crippen LogP contribution is 2.41. The topological polar surface area (TPSA) is 107 Å². The Bertz CT molecular complexity index is 1230. The second-order valence-corrected chi connectivity index (χ2v) is 6.95. The van der Waals surface area contributed by atoms with Gasteiger partial charge in [0.05, 0.1) is 43.4 Å². The van der Waals surface area contributed by atoms with Gasteiger partial charge in [0.25, 0.3) is 0 Å². The summed E-state index contributed by atoms with van der Waals surface area (Å²) in [6.07, 6.45) is 4.05. The molecule has 9 nitrogen and oxygen atoms in total. The van der Waals surface area contributed by atoms with Crippen LogP contribution in [0.25, 0.3) is 21.9 Å². The number of furan rings is 1. The summed E-state index contributed by atoms with van der Waals surface area (Å²) in [6, 6.07) is 1.69. The van der Waals surface area contributed by atoms with Gasteiger partial charge in [-0.15, -0.1) is 5.10 Å². The number of amidine groups is 1. The second kappa shape index (κ2) is 7.63. The van der Waals surface area contributed by atoms with Crippen molar-refractivity contribution in [3.8, 4) is 11.5 Å². The second-order valence-electron chi connectivity index (χ2n) is 6.01. The van der Waals surface area contributed by atoms with Crippen LogP contribution in [0.1, 0.15) is 12.5 Å². The van der Waals surface area contributed by atoms with Crippen LogP contribution < -0.4 is 14.9 Å². The average molecular weight is 415 g/mol. The van der Waals surface area contributed by atoms with Crippen LogP contribution in [0.4, 0.5) is 0 Å². The summed E-state index contributed by atoms with van der Waals surface area (Å²) >= 11 is 1.30. The SMILES string of the molecule is CCN1C(=O)CS/C1=N\N=C\c1coc2c(OC)c3occc3c(OC)c2c1=O. The minimum Gasteiger partial charge on any atom is -0.495 e. The Kier molecular flexibility index (Phi) is 5.01. The number of hydrogen-bond acceptors (Lipinski definition) is 9. The van der Waals surface area contributed by atoms with Crippen molar-refractivity contribution in [2.24, 2.45) is 10.2 Å². The van der Waals surface area contributed by atoms with E-state index >= 15 is 0 Å². The third kappa shape index (κ3) is 3.05. The number of rotatable bonds is 5. The van der Waals surface area contributed by atoms with E-state index in [4.69, 9.17) is 18.3 Å². The van der Waals surface area contributed by atoms with Crippen molar-refractivity contribution in [1.82, 2.24) is 4.90 Å². The quantitative estimate of drug-likeness (QED) is 0.466. The molecule has 150 valence electrons. The molecule has 4 rings (SSSR count). The Hall–Kier alpha value is -3.27. The molecule has 0 aliphatic carbocycles. The number of carbonyl (C=O) groups excluding carboxylic acids is 1. The Balaban J connectivity index is 1.83. The van der Waals surface area contributed by atoms with Crippen molar-refractivity contribution in [3.05, 3.63) is 34.4 Å². The summed E-state index contributed by atoms with van der Waals surface area (Å²) in [4.78, 5) is 26.4. The third-order valence-electron chi connectivity index (χ3n) is 4.49. The van der Waals surface area contributed by atoms with Gasteiger partial charge < -0.3 is 18.3 Å². The first kappa shape index (κ1) is 19.1. The van der Waals surface area contributed by atoms with Crippen LogP contribution >= 0.6 is 11.8 Å². The number of thioether (sulfide) groups is 1. The maximum Gasteiger partial charge on any atom is 0.239 e. The van der Waals surface area contributed by atoms with Crippen molar-refractivity contribution in [1.29, 1.82) is 0 Å². The lowest BCUT2D eigenvalue weighted by Gasteiger charge is -2.11. The van der Waals surface area contributed by atoms with E-state index in [1.807, 2.05) is 6.92 Å². The van der Waals surface area contributed by atoms with E-state index in [1.165, 1.54) is 49.6 Å². The Morgan fingerprint density at radius 2 is 2.00 bits per heavy atom. The van der Waals surface area contributed by atoms with Crippen LogP contribution in [0.5, 0.6) is 11.5 Å². The molecule has 1 aliphatic rings. The summed E-state index contributed by atoms with van der Waals surface area (Å²) < 4.78 is 22.0. The fourth-order valence-electron chi connectivity index (χ4n) is 3.17. The molecule has 29 heavy (non-hydrogen) atoms. The van der Waals surface area contributed by atoms with Crippen LogP contribution in [0.3, 0.4) is 0 Å². The number of carbonyl (C=O) groups is 1. The van der Waals surface area contributed by atoms with Gasteiger partial charge in [0.1, 0.15) is 17.4 Å². The van der Waals surface area contributed by atoms with Gasteiger partial charge in [-0.2, -0.15) is 5.10 Å². The largest absolute Gasteiger partial charge is 0.495 e. The summed E-state index contributed by atoms with van der Waals surface area (Å²) in [5.41, 5.74) is 0.475. The molecule has 3 aromatic rings. The van der Waals surface area contributed by atoms with Crippen LogP contribution in [-0.2, 0) is 4.79 Å². The fourth-order valence-corrected chi connectivity index (χ4v) is 4.07. The molecule has 0 atom stereocenters. The van der Waals surface area contributed by atoms with E-state index in [0.29, 0.717) is 39.9 Å². The van der Waals surface area contributed by atoms with Gasteiger partial charge in [-0.05, 0) is 13.0 Å². The minimum atomic E-state index is -0.351. The molecule has 0 unspecified atom stereocenters. The summed E-state index contributed by atoms with van der Waals surface area (Å²) in [6.45, 7) is 2.37. The van der Waals surface area contributed by atoms with Gasteiger partial charge in [0.15, 0.2) is 16.3 Å². The molecule has 2 aromatic heterocycles. The molecular weight excluding hydrogens is 398 g/mol. The van der Waals surface area contributed by atoms with Gasteiger partial charge in [-0.1, -0.05) is 11.8 Å². The van der Waals surface area contributed by atoms with Crippen molar-refractivity contribution in [3.63, 3.8) is 0 Å². The lowest BCUT2D eigenvalue weighted by molar-refractivity contribution is -0.123. The molecule has 1 fully saturated rings. The molecule has 0 saturated carbocycles. The van der Waals surface area contributed by atoms with Crippen molar-refractivity contribution >= 4 is 51.0 Å². The lowest BCUT2D eigenvalue weighted by Crippen LogP contribution is -2.28. The smallest absolute Gasteiger partial charge is 0.239 e. The highest BCUT2D eigenvalue weighted by atomic mass is 32.2. The summed E-state index contributed by atoms with van der Waals surface area (Å²) in [7, 11) is 2.93. The predicted molar refractivity (Wildman–Crippen MR) is 110 cm³/mol. The van der Waals surface area contributed by atoms with Crippen LogP contribution in [0, 0.1) is 0 Å². The lowest BCUT2D eigenvalue weighted by atomic mass is 10.1. The van der Waals surface area contributed by atoms with E-state index in [-0.39, 0.29) is 27.9 Å². The van der Waals surface area contributed by atoms with E-state index in [2.05, 4.69) is 10.2 Å². The van der Waals surface area contributed by atoms with Gasteiger partial charge in [-0.3, -0.25) is 14.5 Å². The molecule has 1 saturated heterocycles. The van der Waals surface area contributed by atoms with Crippen LogP contribution in [0.2, 0.25) is 0 Å². The molecule has 0 spiro atoms. The minimum absolute atomic E-state index is 0.0161. The number of ether oxygens (including phenoxy) is 2. The predicted octanol–water partition coefficient (Wildman–Crippen LogP) is 2.84. The first-order valence-electron chi connectivity index (χ1n) is 8.71. The van der Waals surface area contributed by atoms with E-state index in [0.717, 1.165) is 0 Å². The maximum atomic E-state index is 13.1. The number of hydrogen-bond donors (Lipinski definition) is 0. The number of benzene rings is 1. The van der Waals surface area contributed by atoms with Gasteiger partial charge in [-0.25, -0.2) is 0 Å². The molecule has 0 radical (unpaired) electrons. The van der Waals surface area contributed by atoms with Gasteiger partial charge >= 0.3 is 0 Å². The summed E-state index contributed by atoms with van der Waals surface area (Å²) in [5, 5.41) is 9.35. The first-order chi connectivity index (χ1) is 14.1. The molecular formula is C19H17N3O6S. The molecule has 1 aromatic carbocycles. The Morgan fingerprint density at radius 3 is 2.72 bits per heavy atom. The molecule has 1 aliphatic heterocycles. The first-order valence-corrected chi connectivity index (χ1v) is 9.70. The molecule has 3 heterocycles. The van der Waals surface area contributed by atoms with Crippen molar-refractivity contribution in [2.75, 3.05) is 26.5 Å². The third-order valence-corrected chi connectivity index (χ3v) is 5.44. The van der Waals surface area contributed by atoms with Gasteiger partial charge in [0.2, 0.25) is 17.1 Å². The van der Waals surface area contributed by atoms with E-state index in [1.54, 1.807) is 6.07 Å². The monoisotopic (exact) mass is 415 g/mol. The number of nitrogens with zero attached hydrogens (tertiary/aromatic N) is 3. The summed E-state index contributed by atoms with van der Waals surface area (Å²) in [5.74, 6) is 0.950. The number of amides is 1. The molecule has 1 amide bonds.